The summed E-state index contributed by atoms with van der Waals surface area (Å²) in [5.41, 5.74) is 8.41. The van der Waals surface area contributed by atoms with E-state index in [2.05, 4.69) is 109 Å². The van der Waals surface area contributed by atoms with E-state index in [9.17, 15) is 0 Å². The predicted molar refractivity (Wildman–Crippen MR) is 290 cm³/mol. The molecule has 6 heterocycles. The molecule has 0 atom stereocenters. The number of hydrogen-bond donors (Lipinski definition) is 0. The summed E-state index contributed by atoms with van der Waals surface area (Å²) in [5.74, 6) is 0. The maximum Gasteiger partial charge on any atom is 0.114 e. The van der Waals surface area contributed by atoms with Gasteiger partial charge >= 0.3 is 0 Å². The van der Waals surface area contributed by atoms with Gasteiger partial charge in [-0.15, -0.1) is 0 Å². The molecule has 0 spiro atoms. The predicted octanol–water partition coefficient (Wildman–Crippen LogP) is 11.0. The van der Waals surface area contributed by atoms with E-state index in [0.717, 1.165) is 71.6 Å². The quantitative estimate of drug-likeness (QED) is 0.0993. The number of rotatable bonds is 12. The summed E-state index contributed by atoms with van der Waals surface area (Å²) in [6.07, 6.45) is 46.5. The second-order valence-electron chi connectivity index (χ2n) is 21.4. The molecule has 4 saturated carbocycles. The normalized spacial score (nSPS) is 26.3. The first-order chi connectivity index (χ1) is 33.7. The number of nitrogens with zero attached hydrogens (tertiary/aromatic N) is 12. The average Bonchev–Trinajstić information content (AvgIpc) is 3.39. The van der Waals surface area contributed by atoms with Crippen LogP contribution in [0.25, 0.3) is 0 Å². The van der Waals surface area contributed by atoms with Crippen LogP contribution in [0, 0.1) is 0 Å². The maximum absolute atomic E-state index is 4.48. The van der Waals surface area contributed by atoms with Gasteiger partial charge in [0.05, 0.1) is 45.4 Å². The molecule has 17 heteroatoms. The summed E-state index contributed by atoms with van der Waals surface area (Å²) in [7, 11) is -2.09. The molecule has 0 aromatic carbocycles. The molecule has 69 heavy (non-hydrogen) atoms. The maximum atomic E-state index is 4.48. The van der Waals surface area contributed by atoms with Crippen LogP contribution in [-0.2, 0) is 42.7 Å². The Morgan fingerprint density at radius 3 is 0.696 bits per heavy atom. The largest absolute Gasteiger partial charge is 0.233 e. The Morgan fingerprint density at radius 2 is 0.522 bits per heavy atom. The Balaban J connectivity index is 0.000000183. The van der Waals surface area contributed by atoms with Crippen molar-refractivity contribution >= 4 is 31.7 Å². The first-order valence-corrected chi connectivity index (χ1v) is 35.0. The van der Waals surface area contributed by atoms with E-state index in [4.69, 9.17) is 0 Å². The van der Waals surface area contributed by atoms with Gasteiger partial charge in [0.25, 0.3) is 0 Å². The van der Waals surface area contributed by atoms with Crippen LogP contribution < -0.4 is 0 Å². The van der Waals surface area contributed by atoms with Gasteiger partial charge in [0.1, 0.15) is 50.3 Å². The van der Waals surface area contributed by atoms with Crippen LogP contribution in [-0.4, -0.2) is 133 Å². The number of hydrogen-bond acceptors (Lipinski definition) is 12. The van der Waals surface area contributed by atoms with Crippen LogP contribution in [0.5, 0.6) is 0 Å². The summed E-state index contributed by atoms with van der Waals surface area (Å²) < 4.78 is 0. The number of aromatic nitrogens is 8. The van der Waals surface area contributed by atoms with E-state index in [0.29, 0.717) is 0 Å². The first-order valence-electron chi connectivity index (χ1n) is 27.0. The second kappa shape index (κ2) is 29.3. The molecule has 2 aliphatic heterocycles. The molecule has 0 N–H and O–H groups in total. The van der Waals surface area contributed by atoms with Crippen LogP contribution in [0.2, 0.25) is 0 Å². The van der Waals surface area contributed by atoms with Crippen molar-refractivity contribution in [2.45, 2.75) is 177 Å². The fraction of sp³-hybridized carbons (Fsp3) is 0.692. The van der Waals surface area contributed by atoms with Crippen molar-refractivity contribution < 1.29 is 16.5 Å². The summed E-state index contributed by atoms with van der Waals surface area (Å²) in [5, 5.41) is 34.7. The summed E-state index contributed by atoms with van der Waals surface area (Å²) in [6.45, 7) is 3.94. The van der Waals surface area contributed by atoms with E-state index in [-0.39, 0.29) is 16.5 Å². The molecule has 4 aromatic rings. The topological polar surface area (TPSA) is 116 Å². The Bertz CT molecular complexity index is 1670. The van der Waals surface area contributed by atoms with Crippen LogP contribution in [0.15, 0.2) is 73.3 Å². The minimum atomic E-state index is -0.523. The van der Waals surface area contributed by atoms with Gasteiger partial charge in [-0.3, -0.25) is 0 Å². The van der Waals surface area contributed by atoms with E-state index in [1.165, 1.54) is 179 Å². The molecule has 0 bridgehead atoms. The Hall–Kier alpha value is -1.63. The van der Waals surface area contributed by atoms with Crippen molar-refractivity contribution in [2.75, 3.05) is 50.3 Å². The Labute approximate surface area is 429 Å². The zero-order valence-electron chi connectivity index (χ0n) is 41.5. The summed E-state index contributed by atoms with van der Waals surface area (Å²) in [4.78, 5) is 11.4. The molecule has 0 amide bonds. The van der Waals surface area contributed by atoms with Crippen LogP contribution in [0.3, 0.4) is 0 Å². The average molecular weight is 1060 g/mol. The van der Waals surface area contributed by atoms with Crippen LogP contribution in [0.1, 0.15) is 151 Å². The van der Waals surface area contributed by atoms with Crippen molar-refractivity contribution in [1.82, 2.24) is 60.4 Å². The van der Waals surface area contributed by atoms with E-state index in [1.807, 2.05) is 0 Å². The Kier molecular flexibility index (Phi) is 22.8. The van der Waals surface area contributed by atoms with Gasteiger partial charge < -0.3 is 0 Å². The zero-order valence-corrected chi connectivity index (χ0v) is 46.5. The van der Waals surface area contributed by atoms with E-state index >= 15 is 0 Å². The van der Waals surface area contributed by atoms with Gasteiger partial charge in [-0.25, -0.2) is 19.6 Å². The molecule has 0 radical (unpaired) electrons. The molecule has 12 nitrogen and oxygen atoms in total. The molecular formula is C52H84N12NiP4+4. The monoisotopic (exact) mass is 1060 g/mol. The van der Waals surface area contributed by atoms with Crippen molar-refractivity contribution in [2.24, 2.45) is 0 Å². The van der Waals surface area contributed by atoms with Crippen molar-refractivity contribution in [3.63, 3.8) is 0 Å². The van der Waals surface area contributed by atoms with E-state index < -0.39 is 31.7 Å². The third-order valence-corrected chi connectivity index (χ3v) is 30.0. The van der Waals surface area contributed by atoms with Gasteiger partial charge in [0.15, 0.2) is 0 Å². The molecule has 0 unspecified atom stereocenters. The molecule has 6 aliphatic rings. The van der Waals surface area contributed by atoms with Gasteiger partial charge in [-0.2, -0.15) is 40.8 Å². The SMILES string of the molecule is [Ni].c1cnnc(CN2C[PH+](C3CCCCC3)CN(Cc3cccnn3)C[PH+](C3CCCCC3)C2)c1.c1cnnc(CN2C[PH+](C3CCCCC3)CN(Cc3cccnn3)C[PH+](C3CCCCC3)C2)c1. The van der Waals surface area contributed by atoms with E-state index in [1.54, 1.807) is 24.8 Å². The third-order valence-electron chi connectivity index (χ3n) is 16.2. The fourth-order valence-corrected chi connectivity index (χ4v) is 27.5. The zero-order chi connectivity index (χ0) is 46.0. The molecule has 4 aromatic heterocycles. The molecule has 4 aliphatic carbocycles. The molecule has 378 valence electrons. The second-order valence-corrected chi connectivity index (χ2v) is 32.5. The van der Waals surface area contributed by atoms with Crippen molar-refractivity contribution in [3.8, 4) is 0 Å². The minimum Gasteiger partial charge on any atom is -0.233 e. The fourth-order valence-electron chi connectivity index (χ4n) is 12.8. The third kappa shape index (κ3) is 17.2. The minimum absolute atomic E-state index is 0. The first kappa shape index (κ1) is 53.7. The standard InChI is InChI=1S/2C26H40N6P2.Ni/c2*1-3-11-25(12-4-1)33-19-31(17-23-9-7-15-27-29-23)21-34(26-13-5-2-6-14-26)22-32(20-33)18-24-10-8-16-28-30-24;/h2*7-10,15-16,25-26H,1-6,11-14,17-22H2;/p+4. The van der Waals surface area contributed by atoms with Gasteiger partial charge in [0.2, 0.25) is 0 Å². The molecule has 6 fully saturated rings. The summed E-state index contributed by atoms with van der Waals surface area (Å²) in [6, 6.07) is 16.9. The van der Waals surface area contributed by atoms with Crippen LogP contribution in [0.4, 0.5) is 0 Å². The van der Waals surface area contributed by atoms with Gasteiger partial charge in [-0.05, 0) is 151 Å². The summed E-state index contributed by atoms with van der Waals surface area (Å²) >= 11 is 0. The molecular weight excluding hydrogens is 975 g/mol. The van der Waals surface area contributed by atoms with Gasteiger partial charge in [0, 0.05) is 99.1 Å². The Morgan fingerprint density at radius 1 is 0.319 bits per heavy atom. The van der Waals surface area contributed by atoms with Crippen molar-refractivity contribution in [3.05, 3.63) is 96.1 Å². The van der Waals surface area contributed by atoms with Crippen molar-refractivity contribution in [1.29, 1.82) is 0 Å². The molecule has 10 rings (SSSR count). The van der Waals surface area contributed by atoms with Crippen LogP contribution >= 0.6 is 31.7 Å². The molecule has 2 saturated heterocycles. The smallest absolute Gasteiger partial charge is 0.114 e. The van der Waals surface area contributed by atoms with Gasteiger partial charge in [-0.1, -0.05) is 25.7 Å².